The quantitative estimate of drug-likeness (QED) is 0.889. The van der Waals surface area contributed by atoms with E-state index in [4.69, 9.17) is 4.74 Å². The van der Waals surface area contributed by atoms with Crippen LogP contribution in [-0.2, 0) is 9.53 Å². The van der Waals surface area contributed by atoms with Gasteiger partial charge >= 0.3 is 0 Å². The van der Waals surface area contributed by atoms with Crippen molar-refractivity contribution >= 4 is 22.9 Å². The van der Waals surface area contributed by atoms with Crippen molar-refractivity contribution in [2.75, 3.05) is 32.1 Å². The maximum Gasteiger partial charge on any atom is 0.234 e. The van der Waals surface area contributed by atoms with Crippen LogP contribution in [0.25, 0.3) is 10.6 Å². The van der Waals surface area contributed by atoms with Gasteiger partial charge in [0.25, 0.3) is 0 Å². The molecule has 2 heterocycles. The van der Waals surface area contributed by atoms with E-state index >= 15 is 0 Å². The van der Waals surface area contributed by atoms with Gasteiger partial charge in [0, 0.05) is 36.5 Å². The van der Waals surface area contributed by atoms with Gasteiger partial charge in [0.15, 0.2) is 0 Å². The first-order valence-corrected chi connectivity index (χ1v) is 8.12. The first-order chi connectivity index (χ1) is 10.7. The topological polar surface area (TPSA) is 63.2 Å². The summed E-state index contributed by atoms with van der Waals surface area (Å²) in [6, 6.07) is 7.78. The van der Waals surface area contributed by atoms with Crippen LogP contribution in [-0.4, -0.2) is 37.7 Å². The monoisotopic (exact) mass is 317 g/mol. The Morgan fingerprint density at radius 2 is 2.27 bits per heavy atom. The van der Waals surface area contributed by atoms with E-state index in [1.807, 2.05) is 29.6 Å². The molecule has 0 aliphatic carbocycles. The summed E-state index contributed by atoms with van der Waals surface area (Å²) in [5.41, 5.74) is 1.39. The van der Waals surface area contributed by atoms with Gasteiger partial charge in [0.05, 0.1) is 12.0 Å². The Hall–Kier alpha value is -1.76. The second kappa shape index (κ2) is 6.56. The second-order valence-electron chi connectivity index (χ2n) is 5.51. The third kappa shape index (κ3) is 3.04. The van der Waals surface area contributed by atoms with Gasteiger partial charge in [0.2, 0.25) is 5.91 Å². The molecule has 1 aromatic heterocycles. The van der Waals surface area contributed by atoms with E-state index in [-0.39, 0.29) is 5.91 Å². The fourth-order valence-corrected chi connectivity index (χ4v) is 3.37. The highest BCUT2D eigenvalue weighted by atomic mass is 32.1. The SMILES string of the molecule is COCC1(C(=O)Nc2ccc(-c3nccs3)cc2)CCNC1. The molecule has 1 aliphatic rings. The van der Waals surface area contributed by atoms with E-state index in [1.165, 1.54) is 0 Å². The molecule has 1 aliphatic heterocycles. The number of nitrogens with zero attached hydrogens (tertiary/aromatic N) is 1. The highest BCUT2D eigenvalue weighted by Gasteiger charge is 2.41. The summed E-state index contributed by atoms with van der Waals surface area (Å²) in [6.45, 7) is 1.94. The number of hydrogen-bond acceptors (Lipinski definition) is 5. The van der Waals surface area contributed by atoms with Gasteiger partial charge in [-0.2, -0.15) is 0 Å². The van der Waals surface area contributed by atoms with E-state index in [2.05, 4.69) is 15.6 Å². The zero-order valence-corrected chi connectivity index (χ0v) is 13.3. The molecular formula is C16H19N3O2S. The van der Waals surface area contributed by atoms with Crippen molar-refractivity contribution in [3.63, 3.8) is 0 Å². The van der Waals surface area contributed by atoms with E-state index in [1.54, 1.807) is 24.6 Å². The lowest BCUT2D eigenvalue weighted by atomic mass is 9.87. The van der Waals surface area contributed by atoms with Crippen LogP contribution in [0.2, 0.25) is 0 Å². The van der Waals surface area contributed by atoms with Crippen LogP contribution in [0.1, 0.15) is 6.42 Å². The molecule has 116 valence electrons. The molecule has 0 saturated carbocycles. The van der Waals surface area contributed by atoms with Gasteiger partial charge in [-0.05, 0) is 37.2 Å². The molecule has 6 heteroatoms. The number of hydrogen-bond donors (Lipinski definition) is 2. The molecule has 0 spiro atoms. The van der Waals surface area contributed by atoms with Gasteiger partial charge in [-0.1, -0.05) is 0 Å². The van der Waals surface area contributed by atoms with Crippen molar-refractivity contribution in [1.82, 2.24) is 10.3 Å². The number of thiazole rings is 1. The Kier molecular flexibility index (Phi) is 4.52. The van der Waals surface area contributed by atoms with Crippen molar-refractivity contribution < 1.29 is 9.53 Å². The van der Waals surface area contributed by atoms with Crippen LogP contribution in [0.4, 0.5) is 5.69 Å². The standard InChI is InChI=1S/C16H19N3O2S/c1-21-11-16(6-7-17-10-16)15(20)19-13-4-2-12(3-5-13)14-18-8-9-22-14/h2-5,8-9,17H,6-7,10-11H2,1H3,(H,19,20). The molecule has 5 nitrogen and oxygen atoms in total. The maximum absolute atomic E-state index is 12.6. The van der Waals surface area contributed by atoms with Crippen molar-refractivity contribution in [1.29, 1.82) is 0 Å². The largest absolute Gasteiger partial charge is 0.384 e. The van der Waals surface area contributed by atoms with Crippen LogP contribution in [0.3, 0.4) is 0 Å². The molecule has 0 bridgehead atoms. The smallest absolute Gasteiger partial charge is 0.234 e. The average molecular weight is 317 g/mol. The van der Waals surface area contributed by atoms with E-state index in [0.717, 1.165) is 29.2 Å². The molecule has 2 N–H and O–H groups in total. The first kappa shape index (κ1) is 15.1. The summed E-state index contributed by atoms with van der Waals surface area (Å²) in [6.07, 6.45) is 2.58. The third-order valence-electron chi connectivity index (χ3n) is 3.97. The molecule has 1 amide bonds. The number of ether oxygens (including phenoxy) is 1. The minimum absolute atomic E-state index is 0.0151. The molecule has 1 saturated heterocycles. The van der Waals surface area contributed by atoms with Crippen LogP contribution >= 0.6 is 11.3 Å². The average Bonchev–Trinajstić information content (AvgIpc) is 3.20. The van der Waals surface area contributed by atoms with Crippen LogP contribution < -0.4 is 10.6 Å². The van der Waals surface area contributed by atoms with E-state index in [9.17, 15) is 4.79 Å². The number of carbonyl (C=O) groups is 1. The first-order valence-electron chi connectivity index (χ1n) is 7.25. The number of nitrogens with one attached hydrogen (secondary N) is 2. The Morgan fingerprint density at radius 3 is 2.86 bits per heavy atom. The molecule has 1 unspecified atom stereocenters. The number of benzene rings is 1. The van der Waals surface area contributed by atoms with E-state index in [0.29, 0.717) is 13.2 Å². The summed E-state index contributed by atoms with van der Waals surface area (Å²) in [5.74, 6) is 0.0151. The minimum atomic E-state index is -0.470. The van der Waals surface area contributed by atoms with Gasteiger partial charge < -0.3 is 15.4 Å². The van der Waals surface area contributed by atoms with Gasteiger partial charge in [-0.25, -0.2) is 4.98 Å². The number of amides is 1. The summed E-state index contributed by atoms with van der Waals surface area (Å²) < 4.78 is 5.25. The lowest BCUT2D eigenvalue weighted by molar-refractivity contribution is -0.127. The Morgan fingerprint density at radius 1 is 1.45 bits per heavy atom. The zero-order chi connectivity index (χ0) is 15.4. The number of methoxy groups -OCH3 is 1. The van der Waals surface area contributed by atoms with Crippen molar-refractivity contribution in [2.45, 2.75) is 6.42 Å². The fraction of sp³-hybridized carbons (Fsp3) is 0.375. The van der Waals surface area contributed by atoms with Crippen molar-refractivity contribution in [2.24, 2.45) is 5.41 Å². The van der Waals surface area contributed by atoms with Gasteiger partial charge in [-0.15, -0.1) is 11.3 Å². The number of rotatable bonds is 5. The summed E-state index contributed by atoms with van der Waals surface area (Å²) in [7, 11) is 1.64. The summed E-state index contributed by atoms with van der Waals surface area (Å²) >= 11 is 1.60. The van der Waals surface area contributed by atoms with E-state index < -0.39 is 5.41 Å². The Labute approximate surface area is 133 Å². The zero-order valence-electron chi connectivity index (χ0n) is 12.5. The van der Waals surface area contributed by atoms with Gasteiger partial charge in [0.1, 0.15) is 5.01 Å². The van der Waals surface area contributed by atoms with Crippen molar-refractivity contribution in [3.05, 3.63) is 35.8 Å². The lowest BCUT2D eigenvalue weighted by Crippen LogP contribution is -2.41. The number of anilines is 1. The Balaban J connectivity index is 1.71. The fourth-order valence-electron chi connectivity index (χ4n) is 2.73. The molecule has 3 rings (SSSR count). The number of carbonyl (C=O) groups excluding carboxylic acids is 1. The minimum Gasteiger partial charge on any atom is -0.384 e. The molecule has 2 aromatic rings. The van der Waals surface area contributed by atoms with Crippen molar-refractivity contribution in [3.8, 4) is 10.6 Å². The number of aromatic nitrogens is 1. The summed E-state index contributed by atoms with van der Waals surface area (Å²) in [5, 5.41) is 9.18. The van der Waals surface area contributed by atoms with Gasteiger partial charge in [-0.3, -0.25) is 4.79 Å². The molecule has 1 fully saturated rings. The summed E-state index contributed by atoms with van der Waals surface area (Å²) in [4.78, 5) is 16.9. The molecule has 22 heavy (non-hydrogen) atoms. The normalized spacial score (nSPS) is 21.0. The predicted molar refractivity (Wildman–Crippen MR) is 88.0 cm³/mol. The second-order valence-corrected chi connectivity index (χ2v) is 6.40. The molecule has 0 radical (unpaired) electrons. The molecule has 1 aromatic carbocycles. The third-order valence-corrected chi connectivity index (χ3v) is 4.79. The molecule has 1 atom stereocenters. The van der Waals surface area contributed by atoms with Crippen LogP contribution in [0, 0.1) is 5.41 Å². The molecular weight excluding hydrogens is 298 g/mol. The van der Waals surface area contributed by atoms with Crippen LogP contribution in [0.15, 0.2) is 35.8 Å². The predicted octanol–water partition coefficient (Wildman–Crippen LogP) is 2.37. The highest BCUT2D eigenvalue weighted by molar-refractivity contribution is 7.13. The van der Waals surface area contributed by atoms with Crippen LogP contribution in [0.5, 0.6) is 0 Å². The maximum atomic E-state index is 12.6. The Bertz CT molecular complexity index is 619. The highest BCUT2D eigenvalue weighted by Crippen LogP contribution is 2.29. The lowest BCUT2D eigenvalue weighted by Gasteiger charge is -2.25.